The Morgan fingerprint density at radius 1 is 1.39 bits per heavy atom. The third-order valence-electron chi connectivity index (χ3n) is 1.75. The van der Waals surface area contributed by atoms with Crippen molar-refractivity contribution in [3.8, 4) is 0 Å². The van der Waals surface area contributed by atoms with Gasteiger partial charge in [0.15, 0.2) is 6.61 Å². The molecular weight excluding hydrogens is 281 g/mol. The molecule has 5 nitrogen and oxygen atoms in total. The Kier molecular flexibility index (Phi) is 5.64. The van der Waals surface area contributed by atoms with E-state index < -0.39 is 18.5 Å². The van der Waals surface area contributed by atoms with Crippen LogP contribution in [0.3, 0.4) is 0 Å². The minimum atomic E-state index is -1.18. The SMILES string of the molecule is O=C(O)CONC(=O)C=Cc1ccc(Cl)cc1Cl. The van der Waals surface area contributed by atoms with Crippen molar-refractivity contribution in [1.29, 1.82) is 0 Å². The zero-order valence-electron chi connectivity index (χ0n) is 9.02. The van der Waals surface area contributed by atoms with E-state index in [-0.39, 0.29) is 0 Å². The van der Waals surface area contributed by atoms with Crippen LogP contribution in [-0.4, -0.2) is 23.6 Å². The fraction of sp³-hybridized carbons (Fsp3) is 0.0909. The minimum Gasteiger partial charge on any atom is -0.479 e. The van der Waals surface area contributed by atoms with Gasteiger partial charge in [-0.1, -0.05) is 29.3 Å². The van der Waals surface area contributed by atoms with Crippen LogP contribution in [0.1, 0.15) is 5.56 Å². The van der Waals surface area contributed by atoms with E-state index in [4.69, 9.17) is 28.3 Å². The Balaban J connectivity index is 2.53. The Labute approximate surface area is 113 Å². The Hall–Kier alpha value is -1.56. The number of carbonyl (C=O) groups excluding carboxylic acids is 1. The van der Waals surface area contributed by atoms with Crippen LogP contribution < -0.4 is 5.48 Å². The lowest BCUT2D eigenvalue weighted by atomic mass is 10.2. The van der Waals surface area contributed by atoms with Crippen LogP contribution in [-0.2, 0) is 14.4 Å². The van der Waals surface area contributed by atoms with Crippen molar-refractivity contribution in [3.05, 3.63) is 39.9 Å². The fourth-order valence-corrected chi connectivity index (χ4v) is 1.48. The van der Waals surface area contributed by atoms with Gasteiger partial charge in [-0.05, 0) is 23.8 Å². The number of halogens is 2. The van der Waals surface area contributed by atoms with E-state index in [1.165, 1.54) is 6.08 Å². The molecule has 0 bridgehead atoms. The Morgan fingerprint density at radius 3 is 2.72 bits per heavy atom. The molecule has 0 atom stereocenters. The van der Waals surface area contributed by atoms with Crippen molar-refractivity contribution in [1.82, 2.24) is 5.48 Å². The number of nitrogens with one attached hydrogen (secondary N) is 1. The number of benzene rings is 1. The van der Waals surface area contributed by atoms with E-state index in [1.54, 1.807) is 18.2 Å². The highest BCUT2D eigenvalue weighted by Gasteiger charge is 2.01. The highest BCUT2D eigenvalue weighted by molar-refractivity contribution is 6.35. The molecule has 0 unspecified atom stereocenters. The zero-order chi connectivity index (χ0) is 13.5. The second kappa shape index (κ2) is 7.00. The summed E-state index contributed by atoms with van der Waals surface area (Å²) in [6.07, 6.45) is 2.62. The van der Waals surface area contributed by atoms with Crippen molar-refractivity contribution < 1.29 is 19.5 Å². The van der Waals surface area contributed by atoms with Crippen molar-refractivity contribution in [3.63, 3.8) is 0 Å². The van der Waals surface area contributed by atoms with Gasteiger partial charge in [-0.3, -0.25) is 9.63 Å². The van der Waals surface area contributed by atoms with Gasteiger partial charge in [0.25, 0.3) is 5.91 Å². The largest absolute Gasteiger partial charge is 0.479 e. The van der Waals surface area contributed by atoms with Crippen molar-refractivity contribution in [2.24, 2.45) is 0 Å². The molecule has 0 aromatic heterocycles. The summed E-state index contributed by atoms with van der Waals surface area (Å²) in [5, 5.41) is 9.17. The van der Waals surface area contributed by atoms with Crippen LogP contribution in [0.5, 0.6) is 0 Å². The van der Waals surface area contributed by atoms with Crippen LogP contribution in [0.2, 0.25) is 10.0 Å². The molecule has 2 N–H and O–H groups in total. The molecule has 0 aliphatic rings. The normalized spacial score (nSPS) is 10.6. The summed E-state index contributed by atoms with van der Waals surface area (Å²) in [6.45, 7) is -0.610. The molecule has 0 aliphatic carbocycles. The van der Waals surface area contributed by atoms with Crippen LogP contribution in [0.4, 0.5) is 0 Å². The first-order chi connectivity index (χ1) is 8.49. The van der Waals surface area contributed by atoms with Gasteiger partial charge >= 0.3 is 5.97 Å². The number of hydroxylamine groups is 1. The molecule has 18 heavy (non-hydrogen) atoms. The molecule has 1 rings (SSSR count). The van der Waals surface area contributed by atoms with Gasteiger partial charge in [-0.15, -0.1) is 0 Å². The lowest BCUT2D eigenvalue weighted by molar-refractivity contribution is -0.147. The second-order valence-corrected chi connectivity index (χ2v) is 3.99. The molecule has 0 saturated heterocycles. The van der Waals surface area contributed by atoms with Gasteiger partial charge in [0.05, 0.1) is 0 Å². The highest BCUT2D eigenvalue weighted by Crippen LogP contribution is 2.21. The highest BCUT2D eigenvalue weighted by atomic mass is 35.5. The summed E-state index contributed by atoms with van der Waals surface area (Å²) >= 11 is 11.6. The quantitative estimate of drug-likeness (QED) is 0.643. The van der Waals surface area contributed by atoms with E-state index in [0.29, 0.717) is 15.6 Å². The zero-order valence-corrected chi connectivity index (χ0v) is 10.5. The van der Waals surface area contributed by atoms with Gasteiger partial charge in [0.1, 0.15) is 0 Å². The molecule has 96 valence electrons. The number of carbonyl (C=O) groups is 2. The molecule has 1 aromatic rings. The molecule has 7 heteroatoms. The van der Waals surface area contributed by atoms with E-state index >= 15 is 0 Å². The first-order valence-electron chi connectivity index (χ1n) is 4.75. The van der Waals surface area contributed by atoms with Crippen LogP contribution in [0.15, 0.2) is 24.3 Å². The maximum atomic E-state index is 11.2. The predicted octanol–water partition coefficient (Wildman–Crippen LogP) is 2.14. The molecule has 0 fully saturated rings. The van der Waals surface area contributed by atoms with E-state index in [0.717, 1.165) is 6.08 Å². The average molecular weight is 290 g/mol. The third-order valence-corrected chi connectivity index (χ3v) is 2.31. The summed E-state index contributed by atoms with van der Waals surface area (Å²) in [4.78, 5) is 25.7. The van der Waals surface area contributed by atoms with E-state index in [1.807, 2.05) is 5.48 Å². The molecule has 0 aliphatic heterocycles. The fourth-order valence-electron chi connectivity index (χ4n) is 1.01. The number of carboxylic acid groups (broad SMARTS) is 1. The van der Waals surface area contributed by atoms with Gasteiger partial charge in [0, 0.05) is 16.1 Å². The van der Waals surface area contributed by atoms with Crippen LogP contribution in [0, 0.1) is 0 Å². The molecule has 1 amide bonds. The predicted molar refractivity (Wildman–Crippen MR) is 67.2 cm³/mol. The van der Waals surface area contributed by atoms with Crippen molar-refractivity contribution in [2.45, 2.75) is 0 Å². The summed E-state index contributed by atoms with van der Waals surface area (Å²) in [6, 6.07) is 4.82. The first kappa shape index (κ1) is 14.5. The molecular formula is C11H9Cl2NO4. The third kappa shape index (κ3) is 5.18. The van der Waals surface area contributed by atoms with Crippen molar-refractivity contribution >= 4 is 41.2 Å². The summed E-state index contributed by atoms with van der Waals surface area (Å²) in [5.74, 6) is -1.78. The van der Waals surface area contributed by atoms with E-state index in [9.17, 15) is 9.59 Å². The standard InChI is InChI=1S/C11H9Cl2NO4/c12-8-3-1-7(9(13)5-8)2-4-10(15)14-18-6-11(16)17/h1-5H,6H2,(H,14,15)(H,16,17). The number of rotatable bonds is 5. The molecule has 1 aromatic carbocycles. The average Bonchev–Trinajstić information content (AvgIpc) is 2.27. The second-order valence-electron chi connectivity index (χ2n) is 3.15. The lowest BCUT2D eigenvalue weighted by Crippen LogP contribution is -2.24. The maximum Gasteiger partial charge on any atom is 0.332 e. The summed E-state index contributed by atoms with van der Waals surface area (Å²) in [5.41, 5.74) is 2.55. The maximum absolute atomic E-state index is 11.2. The molecule has 0 saturated carbocycles. The van der Waals surface area contributed by atoms with E-state index in [2.05, 4.69) is 4.84 Å². The van der Waals surface area contributed by atoms with Crippen LogP contribution >= 0.6 is 23.2 Å². The summed E-state index contributed by atoms with van der Waals surface area (Å²) in [7, 11) is 0. The number of hydrogen-bond acceptors (Lipinski definition) is 3. The Morgan fingerprint density at radius 2 is 2.11 bits per heavy atom. The first-order valence-corrected chi connectivity index (χ1v) is 5.51. The van der Waals surface area contributed by atoms with Gasteiger partial charge < -0.3 is 5.11 Å². The Bertz CT molecular complexity index is 488. The lowest BCUT2D eigenvalue weighted by Gasteiger charge is -2.00. The molecule has 0 heterocycles. The topological polar surface area (TPSA) is 75.6 Å². The van der Waals surface area contributed by atoms with Crippen LogP contribution in [0.25, 0.3) is 6.08 Å². The van der Waals surface area contributed by atoms with Gasteiger partial charge in [0.2, 0.25) is 0 Å². The molecule has 0 radical (unpaired) electrons. The van der Waals surface area contributed by atoms with Gasteiger partial charge in [-0.25, -0.2) is 10.3 Å². The molecule has 0 spiro atoms. The monoisotopic (exact) mass is 289 g/mol. The smallest absolute Gasteiger partial charge is 0.332 e. The van der Waals surface area contributed by atoms with Gasteiger partial charge in [-0.2, -0.15) is 0 Å². The number of aliphatic carboxylic acids is 1. The minimum absolute atomic E-state index is 0.401. The van der Waals surface area contributed by atoms with Crippen molar-refractivity contribution in [2.75, 3.05) is 6.61 Å². The number of amides is 1. The number of carboxylic acids is 1. The number of hydrogen-bond donors (Lipinski definition) is 2. The summed E-state index contributed by atoms with van der Waals surface area (Å²) < 4.78 is 0.